The fourth-order valence-corrected chi connectivity index (χ4v) is 1.52. The topological polar surface area (TPSA) is 38.7 Å². The van der Waals surface area contributed by atoms with Gasteiger partial charge in [0.25, 0.3) is 0 Å². The second kappa shape index (κ2) is 3.88. The Morgan fingerprint density at radius 2 is 1.86 bits per heavy atom. The minimum atomic E-state index is 0.0441. The minimum Gasteiger partial charge on any atom is -0.490 e. The van der Waals surface area contributed by atoms with Gasteiger partial charge in [0.1, 0.15) is 0 Å². The van der Waals surface area contributed by atoms with Crippen molar-refractivity contribution in [1.29, 1.82) is 0 Å². The van der Waals surface area contributed by atoms with Crippen molar-refractivity contribution in [3.05, 3.63) is 23.3 Å². The molecular weight excluding hydrogens is 180 g/mol. The van der Waals surface area contributed by atoms with Gasteiger partial charge in [-0.15, -0.1) is 0 Å². The molecule has 1 heterocycles. The lowest BCUT2D eigenvalue weighted by molar-refractivity contribution is 0.278. The summed E-state index contributed by atoms with van der Waals surface area (Å²) in [6, 6.07) is 3.78. The normalized spacial score (nSPS) is 15.0. The molecule has 0 radical (unpaired) electrons. The van der Waals surface area contributed by atoms with Gasteiger partial charge in [-0.2, -0.15) is 0 Å². The Labute approximate surface area is 83.3 Å². The molecular formula is C11H14O3. The third-order valence-electron chi connectivity index (χ3n) is 2.38. The molecule has 2 rings (SSSR count). The second-order valence-electron chi connectivity index (χ2n) is 3.43. The summed E-state index contributed by atoms with van der Waals surface area (Å²) < 4.78 is 11.0. The number of hydrogen-bond donors (Lipinski definition) is 1. The molecule has 76 valence electrons. The van der Waals surface area contributed by atoms with Gasteiger partial charge in [-0.1, -0.05) is 0 Å². The molecule has 1 aromatic carbocycles. The summed E-state index contributed by atoms with van der Waals surface area (Å²) in [5, 5.41) is 9.09. The molecule has 3 nitrogen and oxygen atoms in total. The van der Waals surface area contributed by atoms with E-state index < -0.39 is 0 Å². The number of hydrogen-bond acceptors (Lipinski definition) is 3. The van der Waals surface area contributed by atoms with Crippen LogP contribution >= 0.6 is 0 Å². The zero-order chi connectivity index (χ0) is 9.97. The van der Waals surface area contributed by atoms with E-state index in [1.807, 2.05) is 19.1 Å². The Kier molecular flexibility index (Phi) is 2.59. The highest BCUT2D eigenvalue weighted by molar-refractivity contribution is 5.47. The molecule has 1 aliphatic heterocycles. The third-order valence-corrected chi connectivity index (χ3v) is 2.38. The van der Waals surface area contributed by atoms with Gasteiger partial charge in [0.2, 0.25) is 0 Å². The Balaban J connectivity index is 2.41. The van der Waals surface area contributed by atoms with Gasteiger partial charge in [0.05, 0.1) is 19.8 Å². The molecule has 0 atom stereocenters. The van der Waals surface area contributed by atoms with Crippen LogP contribution in [-0.4, -0.2) is 18.3 Å². The predicted molar refractivity (Wildman–Crippen MR) is 52.7 cm³/mol. The first kappa shape index (κ1) is 9.34. The molecule has 0 amide bonds. The van der Waals surface area contributed by atoms with Crippen LogP contribution < -0.4 is 9.47 Å². The maximum Gasteiger partial charge on any atom is 0.161 e. The highest BCUT2D eigenvalue weighted by Crippen LogP contribution is 2.32. The van der Waals surface area contributed by atoms with Crippen molar-refractivity contribution in [2.75, 3.05) is 13.2 Å². The van der Waals surface area contributed by atoms with Crippen molar-refractivity contribution in [2.24, 2.45) is 0 Å². The lowest BCUT2D eigenvalue weighted by Gasteiger charge is -2.10. The van der Waals surface area contributed by atoms with Gasteiger partial charge in [-0.05, 0) is 30.2 Å². The van der Waals surface area contributed by atoms with E-state index in [2.05, 4.69) is 0 Å². The fraction of sp³-hybridized carbons (Fsp3) is 0.455. The molecule has 14 heavy (non-hydrogen) atoms. The molecule has 0 unspecified atom stereocenters. The Morgan fingerprint density at radius 3 is 2.50 bits per heavy atom. The van der Waals surface area contributed by atoms with Crippen molar-refractivity contribution in [3.8, 4) is 11.5 Å². The van der Waals surface area contributed by atoms with Gasteiger partial charge in [-0.25, -0.2) is 0 Å². The predicted octanol–water partition coefficient (Wildman–Crippen LogP) is 1.65. The van der Waals surface area contributed by atoms with Crippen LogP contribution in [0, 0.1) is 6.92 Å². The zero-order valence-corrected chi connectivity index (χ0v) is 8.25. The molecule has 0 fully saturated rings. The molecule has 0 aliphatic carbocycles. The molecule has 3 heteroatoms. The number of rotatable bonds is 1. The first-order valence-corrected chi connectivity index (χ1v) is 4.81. The smallest absolute Gasteiger partial charge is 0.161 e. The average molecular weight is 194 g/mol. The maximum absolute atomic E-state index is 9.09. The molecule has 1 aliphatic rings. The molecule has 0 aromatic heterocycles. The fourth-order valence-electron chi connectivity index (χ4n) is 1.52. The van der Waals surface area contributed by atoms with E-state index in [0.717, 1.165) is 29.0 Å². The number of ether oxygens (including phenoxy) is 2. The second-order valence-corrected chi connectivity index (χ2v) is 3.43. The Bertz CT molecular complexity index is 334. The Morgan fingerprint density at radius 1 is 1.21 bits per heavy atom. The van der Waals surface area contributed by atoms with Crippen LogP contribution in [0.2, 0.25) is 0 Å². The van der Waals surface area contributed by atoms with Crippen molar-refractivity contribution in [2.45, 2.75) is 20.0 Å². The summed E-state index contributed by atoms with van der Waals surface area (Å²) in [7, 11) is 0. The van der Waals surface area contributed by atoms with E-state index >= 15 is 0 Å². The molecule has 1 aromatic rings. The lowest BCUT2D eigenvalue weighted by Crippen LogP contribution is -1.97. The number of benzene rings is 1. The van der Waals surface area contributed by atoms with Gasteiger partial charge in [-0.3, -0.25) is 0 Å². The van der Waals surface area contributed by atoms with E-state index in [0.29, 0.717) is 13.2 Å². The molecule has 1 N–H and O–H groups in total. The van der Waals surface area contributed by atoms with Gasteiger partial charge < -0.3 is 14.6 Å². The quantitative estimate of drug-likeness (QED) is 0.738. The first-order chi connectivity index (χ1) is 6.81. The van der Waals surface area contributed by atoms with Crippen molar-refractivity contribution in [3.63, 3.8) is 0 Å². The SMILES string of the molecule is Cc1cc2c(cc1CO)OCCCO2. The van der Waals surface area contributed by atoms with Gasteiger partial charge in [0, 0.05) is 6.42 Å². The summed E-state index contributed by atoms with van der Waals surface area (Å²) in [5.74, 6) is 1.54. The van der Waals surface area contributed by atoms with E-state index in [1.54, 1.807) is 0 Å². The summed E-state index contributed by atoms with van der Waals surface area (Å²) in [6.07, 6.45) is 0.905. The first-order valence-electron chi connectivity index (χ1n) is 4.81. The summed E-state index contributed by atoms with van der Waals surface area (Å²) >= 11 is 0. The molecule has 0 spiro atoms. The summed E-state index contributed by atoms with van der Waals surface area (Å²) in [6.45, 7) is 3.38. The maximum atomic E-state index is 9.09. The molecule has 0 saturated heterocycles. The number of aliphatic hydroxyl groups excluding tert-OH is 1. The van der Waals surface area contributed by atoms with Crippen molar-refractivity contribution >= 4 is 0 Å². The van der Waals surface area contributed by atoms with Crippen molar-refractivity contribution in [1.82, 2.24) is 0 Å². The third kappa shape index (κ3) is 1.68. The van der Waals surface area contributed by atoms with E-state index in [1.165, 1.54) is 0 Å². The summed E-state index contributed by atoms with van der Waals surface area (Å²) in [4.78, 5) is 0. The molecule has 0 saturated carbocycles. The monoisotopic (exact) mass is 194 g/mol. The van der Waals surface area contributed by atoms with Crippen LogP contribution in [0.25, 0.3) is 0 Å². The highest BCUT2D eigenvalue weighted by atomic mass is 16.5. The molecule has 0 bridgehead atoms. The van der Waals surface area contributed by atoms with Gasteiger partial charge in [0.15, 0.2) is 11.5 Å². The minimum absolute atomic E-state index is 0.0441. The largest absolute Gasteiger partial charge is 0.490 e. The Hall–Kier alpha value is -1.22. The van der Waals surface area contributed by atoms with Crippen LogP contribution in [0.15, 0.2) is 12.1 Å². The highest BCUT2D eigenvalue weighted by Gasteiger charge is 2.12. The summed E-state index contributed by atoms with van der Waals surface area (Å²) in [5.41, 5.74) is 1.94. The van der Waals surface area contributed by atoms with Crippen LogP contribution in [0.5, 0.6) is 11.5 Å². The number of fused-ring (bicyclic) bond motifs is 1. The average Bonchev–Trinajstić information content (AvgIpc) is 2.41. The standard InChI is InChI=1S/C11H14O3/c1-8-5-10-11(6-9(8)7-12)14-4-2-3-13-10/h5-6,12H,2-4,7H2,1H3. The zero-order valence-electron chi connectivity index (χ0n) is 8.25. The van der Waals surface area contributed by atoms with Crippen LogP contribution in [0.4, 0.5) is 0 Å². The van der Waals surface area contributed by atoms with Crippen molar-refractivity contribution < 1.29 is 14.6 Å². The van der Waals surface area contributed by atoms with Crippen LogP contribution in [0.1, 0.15) is 17.5 Å². The van der Waals surface area contributed by atoms with E-state index in [4.69, 9.17) is 14.6 Å². The van der Waals surface area contributed by atoms with E-state index in [-0.39, 0.29) is 6.61 Å². The number of aliphatic hydroxyl groups is 1. The van der Waals surface area contributed by atoms with Crippen LogP contribution in [-0.2, 0) is 6.61 Å². The van der Waals surface area contributed by atoms with Crippen LogP contribution in [0.3, 0.4) is 0 Å². The number of aryl methyl sites for hydroxylation is 1. The van der Waals surface area contributed by atoms with Gasteiger partial charge >= 0.3 is 0 Å². The van der Waals surface area contributed by atoms with E-state index in [9.17, 15) is 0 Å². The lowest BCUT2D eigenvalue weighted by atomic mass is 10.1.